The molecule has 0 saturated carbocycles. The van der Waals surface area contributed by atoms with E-state index in [-0.39, 0.29) is 16.9 Å². The summed E-state index contributed by atoms with van der Waals surface area (Å²) in [5.41, 5.74) is 1.28. The van der Waals surface area contributed by atoms with Gasteiger partial charge in [0.1, 0.15) is 23.0 Å². The van der Waals surface area contributed by atoms with Crippen molar-refractivity contribution in [1.82, 2.24) is 0 Å². The van der Waals surface area contributed by atoms with Crippen molar-refractivity contribution in [2.75, 3.05) is 26.2 Å². The molecule has 168 valence electrons. The lowest BCUT2D eigenvalue weighted by Crippen LogP contribution is -2.29. The predicted molar refractivity (Wildman–Crippen MR) is 124 cm³/mol. The fourth-order valence-corrected chi connectivity index (χ4v) is 4.00. The fourth-order valence-electron chi connectivity index (χ4n) is 4.00. The van der Waals surface area contributed by atoms with Crippen molar-refractivity contribution in [1.29, 1.82) is 0 Å². The Hall–Kier alpha value is -4.26. The number of para-hydroxylation sites is 2. The van der Waals surface area contributed by atoms with Gasteiger partial charge in [-0.25, -0.2) is 0 Å². The van der Waals surface area contributed by atoms with Crippen LogP contribution in [-0.4, -0.2) is 38.1 Å². The second kappa shape index (κ2) is 9.08. The Kier molecular flexibility index (Phi) is 6.04. The van der Waals surface area contributed by atoms with Crippen molar-refractivity contribution in [2.24, 2.45) is 0 Å². The minimum Gasteiger partial charge on any atom is -0.507 e. The Morgan fingerprint density at radius 1 is 0.818 bits per heavy atom. The SMILES string of the molecule is COc1ccc(OC)c(/C(O)=C2\C(=O)C(=O)N(c3ccccc3OC)C2c2ccccc2)c1. The number of ether oxygens (including phenoxy) is 3. The van der Waals surface area contributed by atoms with E-state index >= 15 is 0 Å². The standard InChI is InChI=1S/C26H23NO6/c1-31-17-13-14-20(32-2)18(15-17)24(28)22-23(16-9-5-4-6-10-16)27(26(30)25(22)29)19-11-7-8-12-21(19)33-3/h4-15,23,28H,1-3H3/b24-22+. The van der Waals surface area contributed by atoms with Crippen molar-refractivity contribution < 1.29 is 28.9 Å². The summed E-state index contributed by atoms with van der Waals surface area (Å²) in [5.74, 6) is -0.695. The summed E-state index contributed by atoms with van der Waals surface area (Å²) in [6.45, 7) is 0. The summed E-state index contributed by atoms with van der Waals surface area (Å²) in [6.07, 6.45) is 0. The maximum atomic E-state index is 13.3. The van der Waals surface area contributed by atoms with Crippen LogP contribution in [0.4, 0.5) is 5.69 Å². The van der Waals surface area contributed by atoms with E-state index in [1.54, 1.807) is 54.6 Å². The van der Waals surface area contributed by atoms with Crippen molar-refractivity contribution in [3.63, 3.8) is 0 Å². The van der Waals surface area contributed by atoms with Crippen LogP contribution in [0.5, 0.6) is 17.2 Å². The molecule has 1 heterocycles. The van der Waals surface area contributed by atoms with Gasteiger partial charge < -0.3 is 19.3 Å². The summed E-state index contributed by atoms with van der Waals surface area (Å²) in [6, 6.07) is 20.0. The predicted octanol–water partition coefficient (Wildman–Crippen LogP) is 4.34. The molecule has 7 nitrogen and oxygen atoms in total. The average molecular weight is 445 g/mol. The number of benzene rings is 3. The third kappa shape index (κ3) is 3.78. The monoisotopic (exact) mass is 445 g/mol. The zero-order valence-electron chi connectivity index (χ0n) is 18.4. The molecular weight excluding hydrogens is 422 g/mol. The van der Waals surface area contributed by atoms with Gasteiger partial charge in [0.15, 0.2) is 0 Å². The molecule has 0 spiro atoms. The largest absolute Gasteiger partial charge is 0.507 e. The Morgan fingerprint density at radius 2 is 1.48 bits per heavy atom. The highest BCUT2D eigenvalue weighted by Crippen LogP contribution is 2.45. The fraction of sp³-hybridized carbons (Fsp3) is 0.154. The lowest BCUT2D eigenvalue weighted by Gasteiger charge is -2.26. The molecular formula is C26H23NO6. The zero-order chi connectivity index (χ0) is 23.5. The molecule has 1 amide bonds. The van der Waals surface area contributed by atoms with Gasteiger partial charge in [0.05, 0.1) is 44.2 Å². The third-order valence-electron chi connectivity index (χ3n) is 5.57. The molecule has 1 unspecified atom stereocenters. The smallest absolute Gasteiger partial charge is 0.300 e. The second-order valence-corrected chi connectivity index (χ2v) is 7.32. The quantitative estimate of drug-likeness (QED) is 0.345. The number of ketones is 1. The highest BCUT2D eigenvalue weighted by atomic mass is 16.5. The molecule has 4 rings (SSSR count). The second-order valence-electron chi connectivity index (χ2n) is 7.32. The molecule has 1 aliphatic heterocycles. The molecule has 1 fully saturated rings. The summed E-state index contributed by atoms with van der Waals surface area (Å²) in [5, 5.41) is 11.4. The van der Waals surface area contributed by atoms with Crippen LogP contribution in [0.3, 0.4) is 0 Å². The van der Waals surface area contributed by atoms with Crippen LogP contribution >= 0.6 is 0 Å². The summed E-state index contributed by atoms with van der Waals surface area (Å²) < 4.78 is 16.1. The third-order valence-corrected chi connectivity index (χ3v) is 5.57. The van der Waals surface area contributed by atoms with Crippen molar-refractivity contribution in [3.05, 3.63) is 89.5 Å². The number of hydrogen-bond donors (Lipinski definition) is 1. The first-order chi connectivity index (χ1) is 16.0. The number of aliphatic hydroxyl groups excluding tert-OH is 1. The van der Waals surface area contributed by atoms with Gasteiger partial charge in [-0.05, 0) is 35.9 Å². The first-order valence-electron chi connectivity index (χ1n) is 10.2. The maximum Gasteiger partial charge on any atom is 0.300 e. The number of rotatable bonds is 6. The van der Waals surface area contributed by atoms with Crippen LogP contribution in [-0.2, 0) is 9.59 Å². The van der Waals surface area contributed by atoms with Gasteiger partial charge in [-0.1, -0.05) is 42.5 Å². The van der Waals surface area contributed by atoms with Crippen LogP contribution in [0.15, 0.2) is 78.4 Å². The van der Waals surface area contributed by atoms with E-state index in [4.69, 9.17) is 14.2 Å². The Morgan fingerprint density at radius 3 is 2.15 bits per heavy atom. The van der Waals surface area contributed by atoms with Crippen LogP contribution < -0.4 is 19.1 Å². The maximum absolute atomic E-state index is 13.3. The molecule has 3 aromatic carbocycles. The van der Waals surface area contributed by atoms with E-state index in [0.29, 0.717) is 28.5 Å². The Bertz CT molecular complexity index is 1230. The number of anilines is 1. The van der Waals surface area contributed by atoms with Crippen LogP contribution in [0, 0.1) is 0 Å². The number of carbonyl (C=O) groups excluding carboxylic acids is 2. The Labute approximate surface area is 191 Å². The number of nitrogens with zero attached hydrogens (tertiary/aromatic N) is 1. The van der Waals surface area contributed by atoms with Gasteiger partial charge in [-0.3, -0.25) is 14.5 Å². The zero-order valence-corrected chi connectivity index (χ0v) is 18.4. The van der Waals surface area contributed by atoms with Crippen molar-refractivity contribution >= 4 is 23.1 Å². The number of carbonyl (C=O) groups is 2. The minimum absolute atomic E-state index is 0.0522. The van der Waals surface area contributed by atoms with Crippen LogP contribution in [0.1, 0.15) is 17.2 Å². The molecule has 0 bridgehead atoms. The first-order valence-corrected chi connectivity index (χ1v) is 10.2. The highest BCUT2D eigenvalue weighted by molar-refractivity contribution is 6.52. The summed E-state index contributed by atoms with van der Waals surface area (Å²) in [7, 11) is 4.45. The number of aliphatic hydroxyl groups is 1. The number of hydrogen-bond acceptors (Lipinski definition) is 6. The number of amides is 1. The summed E-state index contributed by atoms with van der Waals surface area (Å²) in [4.78, 5) is 28.0. The molecule has 33 heavy (non-hydrogen) atoms. The van der Waals surface area contributed by atoms with E-state index in [1.807, 2.05) is 18.2 Å². The Balaban J connectivity index is 2.00. The van der Waals surface area contributed by atoms with E-state index in [2.05, 4.69) is 0 Å². The number of Topliss-reactive ketones (excluding diaryl/α,β-unsaturated/α-hetero) is 1. The van der Waals surface area contributed by atoms with Gasteiger partial charge in [-0.2, -0.15) is 0 Å². The molecule has 1 aliphatic rings. The molecule has 0 aromatic heterocycles. The normalized spacial score (nSPS) is 17.2. The topological polar surface area (TPSA) is 85.3 Å². The van der Waals surface area contributed by atoms with Crippen molar-refractivity contribution in [3.8, 4) is 17.2 Å². The van der Waals surface area contributed by atoms with Gasteiger partial charge in [-0.15, -0.1) is 0 Å². The van der Waals surface area contributed by atoms with Gasteiger partial charge in [0.2, 0.25) is 0 Å². The lowest BCUT2D eigenvalue weighted by molar-refractivity contribution is -0.132. The number of methoxy groups -OCH3 is 3. The van der Waals surface area contributed by atoms with E-state index in [9.17, 15) is 14.7 Å². The molecule has 1 atom stereocenters. The molecule has 0 aliphatic carbocycles. The average Bonchev–Trinajstić information content (AvgIpc) is 3.13. The van der Waals surface area contributed by atoms with Crippen LogP contribution in [0.25, 0.3) is 5.76 Å². The molecule has 3 aromatic rings. The van der Waals surface area contributed by atoms with Crippen molar-refractivity contribution in [2.45, 2.75) is 6.04 Å². The van der Waals surface area contributed by atoms with Gasteiger partial charge >= 0.3 is 0 Å². The van der Waals surface area contributed by atoms with E-state index in [0.717, 1.165) is 0 Å². The molecule has 0 radical (unpaired) electrons. The molecule has 1 N–H and O–H groups in total. The van der Waals surface area contributed by atoms with Gasteiger partial charge in [0, 0.05) is 0 Å². The molecule has 7 heteroatoms. The first kappa shape index (κ1) is 22.0. The minimum atomic E-state index is -0.876. The van der Waals surface area contributed by atoms with Gasteiger partial charge in [0.25, 0.3) is 11.7 Å². The van der Waals surface area contributed by atoms with E-state index < -0.39 is 17.7 Å². The molecule has 1 saturated heterocycles. The summed E-state index contributed by atoms with van der Waals surface area (Å²) >= 11 is 0. The van der Waals surface area contributed by atoms with Crippen LogP contribution in [0.2, 0.25) is 0 Å². The lowest BCUT2D eigenvalue weighted by atomic mass is 9.94. The van der Waals surface area contributed by atoms with E-state index in [1.165, 1.54) is 26.2 Å². The highest BCUT2D eigenvalue weighted by Gasteiger charge is 2.48.